The number of hydrogen-bond donors (Lipinski definition) is 2. The van der Waals surface area contributed by atoms with Gasteiger partial charge in [0.15, 0.2) is 0 Å². The van der Waals surface area contributed by atoms with Gasteiger partial charge in [-0.15, -0.1) is 0 Å². The Hall–Kier alpha value is -3.52. The van der Waals surface area contributed by atoms with Crippen LogP contribution in [-0.2, 0) is 18.3 Å². The maximum absolute atomic E-state index is 5.98. The van der Waals surface area contributed by atoms with Crippen molar-refractivity contribution in [3.05, 3.63) is 130 Å². The van der Waals surface area contributed by atoms with Crippen LogP contribution in [0.1, 0.15) is 78.8 Å². The van der Waals surface area contributed by atoms with E-state index in [0.29, 0.717) is 0 Å². The minimum atomic E-state index is 0.0268. The van der Waals surface area contributed by atoms with Crippen molar-refractivity contribution in [3.8, 4) is 0 Å². The molecule has 5 rings (SSSR count). The van der Waals surface area contributed by atoms with Crippen LogP contribution in [-0.4, -0.2) is 0 Å². The summed E-state index contributed by atoms with van der Waals surface area (Å²) < 4.78 is 0. The Morgan fingerprint density at radius 1 is 0.622 bits per heavy atom. The van der Waals surface area contributed by atoms with Gasteiger partial charge in [0, 0.05) is 16.8 Å². The SMILES string of the molecule is CCCC1CCC(c2ccccc2Cc2ccc(N)cc2)(c2ccccc2Cc2ccc(N)cc2)CC1. The maximum Gasteiger partial charge on any atom is 0.0314 e. The maximum atomic E-state index is 5.98. The second-order valence-corrected chi connectivity index (χ2v) is 11.0. The smallest absolute Gasteiger partial charge is 0.0314 e. The van der Waals surface area contributed by atoms with Gasteiger partial charge in [0.05, 0.1) is 0 Å². The summed E-state index contributed by atoms with van der Waals surface area (Å²) in [5.74, 6) is 0.839. The average Bonchev–Trinajstić information content (AvgIpc) is 2.93. The first kappa shape index (κ1) is 25.1. The number of hydrogen-bond acceptors (Lipinski definition) is 2. The highest BCUT2D eigenvalue weighted by Crippen LogP contribution is 2.50. The quantitative estimate of drug-likeness (QED) is 0.245. The van der Waals surface area contributed by atoms with Crippen molar-refractivity contribution in [2.75, 3.05) is 11.5 Å². The van der Waals surface area contributed by atoms with E-state index in [-0.39, 0.29) is 5.41 Å². The zero-order chi connectivity index (χ0) is 25.7. The second-order valence-electron chi connectivity index (χ2n) is 11.0. The minimum Gasteiger partial charge on any atom is -0.399 e. The number of nitrogens with two attached hydrogens (primary N) is 2. The van der Waals surface area contributed by atoms with Crippen LogP contribution < -0.4 is 11.5 Å². The third kappa shape index (κ3) is 5.59. The van der Waals surface area contributed by atoms with Gasteiger partial charge < -0.3 is 11.5 Å². The molecule has 2 heteroatoms. The van der Waals surface area contributed by atoms with Gasteiger partial charge in [-0.05, 0) is 102 Å². The molecule has 0 unspecified atom stereocenters. The lowest BCUT2D eigenvalue weighted by molar-refractivity contribution is 0.252. The van der Waals surface area contributed by atoms with E-state index >= 15 is 0 Å². The fourth-order valence-corrected chi connectivity index (χ4v) is 6.54. The molecule has 0 aliphatic heterocycles. The van der Waals surface area contributed by atoms with Crippen molar-refractivity contribution in [2.45, 2.75) is 63.7 Å². The van der Waals surface area contributed by atoms with Gasteiger partial charge in [-0.25, -0.2) is 0 Å². The number of benzene rings is 4. The van der Waals surface area contributed by atoms with Crippen LogP contribution in [0, 0.1) is 5.92 Å². The van der Waals surface area contributed by atoms with E-state index < -0.39 is 0 Å². The van der Waals surface area contributed by atoms with Crippen LogP contribution in [0.25, 0.3) is 0 Å². The highest BCUT2D eigenvalue weighted by atomic mass is 14.5. The van der Waals surface area contributed by atoms with Gasteiger partial charge in [-0.1, -0.05) is 92.6 Å². The van der Waals surface area contributed by atoms with E-state index in [9.17, 15) is 0 Å². The van der Waals surface area contributed by atoms with Crippen LogP contribution in [0.5, 0.6) is 0 Å². The second kappa shape index (κ2) is 11.3. The molecule has 4 aromatic carbocycles. The van der Waals surface area contributed by atoms with Crippen molar-refractivity contribution >= 4 is 11.4 Å². The molecule has 0 atom stereocenters. The lowest BCUT2D eigenvalue weighted by Crippen LogP contribution is -2.35. The number of nitrogen functional groups attached to an aromatic ring is 2. The minimum absolute atomic E-state index is 0.0268. The van der Waals surface area contributed by atoms with E-state index in [1.807, 2.05) is 24.3 Å². The number of anilines is 2. The molecule has 0 heterocycles. The predicted octanol–water partition coefficient (Wildman–Crippen LogP) is 8.31. The standard InChI is InChI=1S/C35H40N2/c1-2-7-26-20-22-35(23-21-26,33-10-5-3-8-29(33)24-27-12-16-31(36)17-13-27)34-11-6-4-9-30(34)25-28-14-18-32(37)19-15-28/h3-6,8-19,26H,2,7,20-25,36-37H2,1H3. The molecule has 0 aromatic heterocycles. The molecule has 4 aromatic rings. The summed E-state index contributed by atoms with van der Waals surface area (Å²) in [6.07, 6.45) is 9.47. The largest absolute Gasteiger partial charge is 0.399 e. The van der Waals surface area contributed by atoms with Crippen molar-refractivity contribution in [2.24, 2.45) is 5.92 Å². The summed E-state index contributed by atoms with van der Waals surface area (Å²) in [7, 11) is 0. The highest BCUT2D eigenvalue weighted by molar-refractivity contribution is 5.51. The molecular weight excluding hydrogens is 448 g/mol. The van der Waals surface area contributed by atoms with E-state index in [0.717, 1.165) is 30.1 Å². The van der Waals surface area contributed by atoms with Crippen molar-refractivity contribution in [3.63, 3.8) is 0 Å². The molecule has 190 valence electrons. The third-order valence-corrected chi connectivity index (χ3v) is 8.47. The van der Waals surface area contributed by atoms with E-state index in [2.05, 4.69) is 79.7 Å². The monoisotopic (exact) mass is 488 g/mol. The fraction of sp³-hybridized carbons (Fsp3) is 0.314. The molecule has 1 saturated carbocycles. The van der Waals surface area contributed by atoms with Crippen molar-refractivity contribution in [1.82, 2.24) is 0 Å². The van der Waals surface area contributed by atoms with Crippen LogP contribution in [0.3, 0.4) is 0 Å². The van der Waals surface area contributed by atoms with Gasteiger partial charge in [-0.2, -0.15) is 0 Å². The zero-order valence-electron chi connectivity index (χ0n) is 22.1. The Morgan fingerprint density at radius 3 is 1.49 bits per heavy atom. The Kier molecular flexibility index (Phi) is 7.65. The van der Waals surface area contributed by atoms with Crippen molar-refractivity contribution in [1.29, 1.82) is 0 Å². The molecule has 0 amide bonds. The topological polar surface area (TPSA) is 52.0 Å². The average molecular weight is 489 g/mol. The summed E-state index contributed by atoms with van der Waals surface area (Å²) in [6, 6.07) is 35.2. The molecule has 0 saturated heterocycles. The normalized spacial score (nSPS) is 15.5. The predicted molar refractivity (Wildman–Crippen MR) is 158 cm³/mol. The first-order valence-electron chi connectivity index (χ1n) is 13.9. The molecule has 0 radical (unpaired) electrons. The summed E-state index contributed by atoms with van der Waals surface area (Å²) in [5.41, 5.74) is 22.1. The third-order valence-electron chi connectivity index (χ3n) is 8.47. The molecule has 4 N–H and O–H groups in total. The Balaban J connectivity index is 1.59. The highest BCUT2D eigenvalue weighted by Gasteiger charge is 2.40. The molecule has 1 aliphatic carbocycles. The zero-order valence-corrected chi connectivity index (χ0v) is 22.1. The summed E-state index contributed by atoms with van der Waals surface area (Å²) >= 11 is 0. The first-order valence-corrected chi connectivity index (χ1v) is 13.9. The Morgan fingerprint density at radius 2 is 1.05 bits per heavy atom. The van der Waals surface area contributed by atoms with E-state index in [1.165, 1.54) is 71.9 Å². The Labute approximate surface area is 222 Å². The van der Waals surface area contributed by atoms with Gasteiger partial charge >= 0.3 is 0 Å². The molecule has 37 heavy (non-hydrogen) atoms. The number of rotatable bonds is 8. The van der Waals surface area contributed by atoms with Crippen LogP contribution in [0.15, 0.2) is 97.1 Å². The van der Waals surface area contributed by atoms with Gasteiger partial charge in [0.1, 0.15) is 0 Å². The van der Waals surface area contributed by atoms with Gasteiger partial charge in [0.25, 0.3) is 0 Å². The summed E-state index contributed by atoms with van der Waals surface area (Å²) in [5, 5.41) is 0. The van der Waals surface area contributed by atoms with Gasteiger partial charge in [0.2, 0.25) is 0 Å². The van der Waals surface area contributed by atoms with Crippen LogP contribution in [0.2, 0.25) is 0 Å². The van der Waals surface area contributed by atoms with E-state index in [4.69, 9.17) is 11.5 Å². The van der Waals surface area contributed by atoms with Crippen LogP contribution in [0.4, 0.5) is 11.4 Å². The first-order chi connectivity index (χ1) is 18.1. The summed E-state index contributed by atoms with van der Waals surface area (Å²) in [6.45, 7) is 2.33. The molecule has 1 aliphatic rings. The molecule has 0 spiro atoms. The van der Waals surface area contributed by atoms with E-state index in [1.54, 1.807) is 0 Å². The lowest BCUT2D eigenvalue weighted by Gasteiger charge is -2.43. The fourth-order valence-electron chi connectivity index (χ4n) is 6.54. The van der Waals surface area contributed by atoms with Gasteiger partial charge in [-0.3, -0.25) is 0 Å². The van der Waals surface area contributed by atoms with Crippen molar-refractivity contribution < 1.29 is 0 Å². The molecule has 2 nitrogen and oxygen atoms in total. The molecule has 0 bridgehead atoms. The Bertz CT molecular complexity index is 1200. The molecular formula is C35H40N2. The lowest BCUT2D eigenvalue weighted by atomic mass is 9.60. The molecule has 1 fully saturated rings. The van der Waals surface area contributed by atoms with Crippen LogP contribution >= 0.6 is 0 Å². The summed E-state index contributed by atoms with van der Waals surface area (Å²) in [4.78, 5) is 0.